The van der Waals surface area contributed by atoms with Crippen LogP contribution < -0.4 is 5.32 Å². The minimum Gasteiger partial charge on any atom is -0.334 e. The summed E-state index contributed by atoms with van der Waals surface area (Å²) >= 11 is 0.914. The van der Waals surface area contributed by atoms with Crippen LogP contribution in [0.1, 0.15) is 47.7 Å². The van der Waals surface area contributed by atoms with Crippen molar-refractivity contribution in [2.24, 2.45) is 0 Å². The minimum atomic E-state index is -0.356. The number of carbonyl (C=O) groups is 3. The van der Waals surface area contributed by atoms with Crippen molar-refractivity contribution in [1.82, 2.24) is 10.2 Å². The summed E-state index contributed by atoms with van der Waals surface area (Å²) in [5.74, 6) is -0.304. The van der Waals surface area contributed by atoms with Crippen LogP contribution in [0.4, 0.5) is 4.79 Å². The number of hydrogen-bond acceptors (Lipinski definition) is 4. The average Bonchev–Trinajstić information content (AvgIpc) is 3.20. The molecule has 3 amide bonds. The fourth-order valence-corrected chi connectivity index (χ4v) is 4.66. The number of nitrogens with one attached hydrogen (secondary N) is 1. The highest BCUT2D eigenvalue weighted by Crippen LogP contribution is 2.27. The van der Waals surface area contributed by atoms with Crippen molar-refractivity contribution < 1.29 is 14.4 Å². The van der Waals surface area contributed by atoms with E-state index in [4.69, 9.17) is 0 Å². The molecular formula is C29H28N2O3S. The molecule has 0 bridgehead atoms. The fourth-order valence-electron chi connectivity index (χ4n) is 3.98. The lowest BCUT2D eigenvalue weighted by Gasteiger charge is -2.23. The van der Waals surface area contributed by atoms with E-state index in [-0.39, 0.29) is 17.1 Å². The largest absolute Gasteiger partial charge is 0.334 e. The Morgan fingerprint density at radius 3 is 2.37 bits per heavy atom. The van der Waals surface area contributed by atoms with Crippen LogP contribution in [0.2, 0.25) is 0 Å². The molecule has 1 aliphatic heterocycles. The van der Waals surface area contributed by atoms with E-state index in [0.29, 0.717) is 17.0 Å². The first-order valence-corrected chi connectivity index (χ1v) is 12.6. The molecular weight excluding hydrogens is 456 g/mol. The van der Waals surface area contributed by atoms with Gasteiger partial charge in [0.15, 0.2) is 0 Å². The van der Waals surface area contributed by atoms with Crippen molar-refractivity contribution in [2.45, 2.75) is 32.7 Å². The topological polar surface area (TPSA) is 66.5 Å². The van der Waals surface area contributed by atoms with Crippen molar-refractivity contribution in [1.29, 1.82) is 0 Å². The lowest BCUT2D eigenvalue weighted by Crippen LogP contribution is -2.31. The second-order valence-corrected chi connectivity index (χ2v) is 9.49. The van der Waals surface area contributed by atoms with Gasteiger partial charge in [0, 0.05) is 18.7 Å². The first kappa shape index (κ1) is 24.5. The Morgan fingerprint density at radius 1 is 0.914 bits per heavy atom. The van der Waals surface area contributed by atoms with E-state index < -0.39 is 0 Å². The quantitative estimate of drug-likeness (QED) is 0.278. The minimum absolute atomic E-state index is 0.0526. The molecule has 178 valence electrons. The van der Waals surface area contributed by atoms with Crippen molar-refractivity contribution >= 4 is 34.9 Å². The van der Waals surface area contributed by atoms with E-state index in [0.717, 1.165) is 59.8 Å². The Bertz CT molecular complexity index is 1240. The Hall–Kier alpha value is -3.64. The molecule has 1 N–H and O–H groups in total. The predicted octanol–water partition coefficient (Wildman–Crippen LogP) is 6.51. The lowest BCUT2D eigenvalue weighted by atomic mass is 10.0. The van der Waals surface area contributed by atoms with Crippen molar-refractivity contribution in [3.63, 3.8) is 0 Å². The zero-order valence-electron chi connectivity index (χ0n) is 19.7. The molecule has 35 heavy (non-hydrogen) atoms. The summed E-state index contributed by atoms with van der Waals surface area (Å²) in [6.07, 6.45) is 4.90. The van der Waals surface area contributed by atoms with Crippen LogP contribution in [0.5, 0.6) is 0 Å². The molecule has 0 radical (unpaired) electrons. The van der Waals surface area contributed by atoms with Crippen LogP contribution in [0.25, 0.3) is 17.2 Å². The highest BCUT2D eigenvalue weighted by molar-refractivity contribution is 8.18. The summed E-state index contributed by atoms with van der Waals surface area (Å²) in [5.41, 5.74) is 4.74. The zero-order valence-corrected chi connectivity index (χ0v) is 20.5. The molecule has 1 heterocycles. The van der Waals surface area contributed by atoms with Crippen LogP contribution in [0.3, 0.4) is 0 Å². The van der Waals surface area contributed by atoms with Gasteiger partial charge in [-0.25, -0.2) is 0 Å². The molecule has 3 aromatic rings. The summed E-state index contributed by atoms with van der Waals surface area (Å²) in [6, 6.07) is 25.6. The third-order valence-corrected chi connectivity index (χ3v) is 6.63. The van der Waals surface area contributed by atoms with Gasteiger partial charge in [-0.15, -0.1) is 0 Å². The number of rotatable bonds is 9. The number of imide groups is 1. The Kier molecular flexibility index (Phi) is 8.16. The first-order chi connectivity index (χ1) is 17.0. The number of nitrogens with zero attached hydrogens (tertiary/aromatic N) is 1. The van der Waals surface area contributed by atoms with Crippen LogP contribution in [-0.2, 0) is 11.3 Å². The van der Waals surface area contributed by atoms with Crippen LogP contribution in [-0.4, -0.2) is 28.5 Å². The third kappa shape index (κ3) is 6.49. The van der Waals surface area contributed by atoms with Gasteiger partial charge in [0.05, 0.1) is 4.91 Å². The highest BCUT2D eigenvalue weighted by atomic mass is 32.2. The molecule has 0 aliphatic carbocycles. The van der Waals surface area contributed by atoms with E-state index >= 15 is 0 Å². The SMILES string of the molecule is CCCCCN(Cc1cccc(-c2ccc(C=C3SC(=O)NC3=O)cc2)c1)C(=O)c1ccccc1. The van der Waals surface area contributed by atoms with Gasteiger partial charge in [-0.3, -0.25) is 19.7 Å². The van der Waals surface area contributed by atoms with E-state index in [9.17, 15) is 14.4 Å². The summed E-state index contributed by atoms with van der Waals surface area (Å²) in [5, 5.41) is 1.93. The summed E-state index contributed by atoms with van der Waals surface area (Å²) < 4.78 is 0. The number of amides is 3. The van der Waals surface area contributed by atoms with Crippen molar-refractivity contribution in [3.8, 4) is 11.1 Å². The van der Waals surface area contributed by atoms with Gasteiger partial charge >= 0.3 is 0 Å². The average molecular weight is 485 g/mol. The zero-order chi connectivity index (χ0) is 24.6. The molecule has 0 aromatic heterocycles. The Balaban J connectivity index is 1.51. The number of carbonyl (C=O) groups excluding carboxylic acids is 3. The molecule has 0 saturated carbocycles. The van der Waals surface area contributed by atoms with Gasteiger partial charge in [0.25, 0.3) is 17.1 Å². The van der Waals surface area contributed by atoms with Gasteiger partial charge in [-0.1, -0.05) is 80.4 Å². The second kappa shape index (κ2) is 11.7. The van der Waals surface area contributed by atoms with Crippen molar-refractivity contribution in [2.75, 3.05) is 6.54 Å². The summed E-state index contributed by atoms with van der Waals surface area (Å²) in [4.78, 5) is 38.7. The van der Waals surface area contributed by atoms with E-state index in [1.165, 1.54) is 0 Å². The standard InChI is InChI=1S/C29H28N2O3S/c1-2-3-7-17-31(28(33)24-10-5-4-6-11-24)20-22-9-8-12-25(18-22)23-15-13-21(14-16-23)19-26-27(32)30-29(34)35-26/h4-6,8-16,18-19H,2-3,7,17,20H2,1H3,(H,30,32,34). The van der Waals surface area contributed by atoms with Crippen LogP contribution in [0, 0.1) is 0 Å². The number of benzene rings is 3. The molecule has 0 atom stereocenters. The molecule has 0 unspecified atom stereocenters. The lowest BCUT2D eigenvalue weighted by molar-refractivity contribution is -0.115. The molecule has 1 aliphatic rings. The van der Waals surface area contributed by atoms with E-state index in [2.05, 4.69) is 30.4 Å². The van der Waals surface area contributed by atoms with Gasteiger partial charge in [-0.2, -0.15) is 0 Å². The smallest absolute Gasteiger partial charge is 0.290 e. The van der Waals surface area contributed by atoms with Crippen LogP contribution >= 0.6 is 11.8 Å². The fraction of sp³-hybridized carbons (Fsp3) is 0.207. The number of hydrogen-bond donors (Lipinski definition) is 1. The van der Waals surface area contributed by atoms with Crippen LogP contribution in [0.15, 0.2) is 83.8 Å². The molecule has 1 fully saturated rings. The number of thioether (sulfide) groups is 1. The van der Waals surface area contributed by atoms with Crippen molar-refractivity contribution in [3.05, 3.63) is 100 Å². The molecule has 3 aromatic carbocycles. The summed E-state index contributed by atoms with van der Waals surface area (Å²) in [6.45, 7) is 3.44. The maximum Gasteiger partial charge on any atom is 0.290 e. The first-order valence-electron chi connectivity index (χ1n) is 11.8. The monoisotopic (exact) mass is 484 g/mol. The maximum absolute atomic E-state index is 13.2. The van der Waals surface area contributed by atoms with Gasteiger partial charge in [-0.05, 0) is 64.7 Å². The van der Waals surface area contributed by atoms with Gasteiger partial charge < -0.3 is 4.90 Å². The third-order valence-electron chi connectivity index (χ3n) is 5.82. The summed E-state index contributed by atoms with van der Waals surface area (Å²) in [7, 11) is 0. The molecule has 1 saturated heterocycles. The second-order valence-electron chi connectivity index (χ2n) is 8.47. The maximum atomic E-state index is 13.2. The van der Waals surface area contributed by atoms with Gasteiger partial charge in [0.1, 0.15) is 0 Å². The molecule has 6 heteroatoms. The molecule has 0 spiro atoms. The predicted molar refractivity (Wildman–Crippen MR) is 142 cm³/mol. The normalized spacial score (nSPS) is 14.3. The highest BCUT2D eigenvalue weighted by Gasteiger charge is 2.24. The Labute approximate surface area is 210 Å². The molecule has 5 nitrogen and oxygen atoms in total. The number of unbranched alkanes of at least 4 members (excludes halogenated alkanes) is 2. The van der Waals surface area contributed by atoms with E-state index in [1.807, 2.05) is 65.6 Å². The van der Waals surface area contributed by atoms with Gasteiger partial charge in [0.2, 0.25) is 0 Å². The molecule has 4 rings (SSSR count). The Morgan fingerprint density at radius 2 is 1.69 bits per heavy atom. The van der Waals surface area contributed by atoms with E-state index in [1.54, 1.807) is 6.08 Å².